The number of carbonyl (C=O) groups excluding carboxylic acids is 1. The molecule has 0 radical (unpaired) electrons. The highest BCUT2D eigenvalue weighted by atomic mass is 16.2. The van der Waals surface area contributed by atoms with E-state index < -0.39 is 0 Å². The summed E-state index contributed by atoms with van der Waals surface area (Å²) in [6.45, 7) is 3.05. The van der Waals surface area contributed by atoms with Crippen molar-refractivity contribution in [1.29, 1.82) is 0 Å². The van der Waals surface area contributed by atoms with Gasteiger partial charge in [0.05, 0.1) is 0 Å². The van der Waals surface area contributed by atoms with Gasteiger partial charge in [-0.05, 0) is 25.2 Å². The molecule has 1 fully saturated rings. The summed E-state index contributed by atoms with van der Waals surface area (Å²) in [5.41, 5.74) is 5.93. The first-order chi connectivity index (χ1) is 7.15. The van der Waals surface area contributed by atoms with Crippen LogP contribution in [-0.4, -0.2) is 30.4 Å². The fourth-order valence-electron chi connectivity index (χ4n) is 1.77. The van der Waals surface area contributed by atoms with Crippen molar-refractivity contribution in [3.63, 3.8) is 0 Å². The second-order valence-corrected chi connectivity index (χ2v) is 4.73. The van der Waals surface area contributed by atoms with Crippen molar-refractivity contribution in [3.8, 4) is 0 Å². The lowest BCUT2D eigenvalue weighted by Crippen LogP contribution is -2.34. The molecule has 0 aromatic rings. The largest absolute Gasteiger partial charge is 0.346 e. The number of hydrogen-bond acceptors (Lipinski definition) is 2. The van der Waals surface area contributed by atoms with E-state index in [0.29, 0.717) is 12.3 Å². The fraction of sp³-hybridized carbons (Fsp3) is 0.917. The maximum atomic E-state index is 11.7. The molecule has 1 rings (SSSR count). The predicted octanol–water partition coefficient (Wildman–Crippen LogP) is 1.76. The van der Waals surface area contributed by atoms with Gasteiger partial charge in [-0.3, -0.25) is 4.79 Å². The van der Waals surface area contributed by atoms with E-state index in [1.807, 2.05) is 11.9 Å². The maximum absolute atomic E-state index is 11.7. The summed E-state index contributed by atoms with van der Waals surface area (Å²) >= 11 is 0. The second kappa shape index (κ2) is 6.11. The van der Waals surface area contributed by atoms with Crippen LogP contribution in [-0.2, 0) is 4.79 Å². The Hall–Kier alpha value is -0.570. The molecular formula is C12H24N2O. The Kier molecular flexibility index (Phi) is 5.09. The molecule has 1 aliphatic carbocycles. The molecule has 3 heteroatoms. The molecule has 15 heavy (non-hydrogen) atoms. The number of carbonyl (C=O) groups is 1. The molecule has 1 aliphatic rings. The average Bonchev–Trinajstić information content (AvgIpc) is 3.00. The number of hydrogen-bond donors (Lipinski definition) is 1. The van der Waals surface area contributed by atoms with Crippen LogP contribution >= 0.6 is 0 Å². The summed E-state index contributed by atoms with van der Waals surface area (Å²) in [4.78, 5) is 13.6. The highest BCUT2D eigenvalue weighted by Crippen LogP contribution is 2.32. The quantitative estimate of drug-likeness (QED) is 0.654. The molecule has 1 saturated carbocycles. The van der Waals surface area contributed by atoms with E-state index in [4.69, 9.17) is 5.73 Å². The summed E-state index contributed by atoms with van der Waals surface area (Å²) in [5, 5.41) is 0. The van der Waals surface area contributed by atoms with Gasteiger partial charge in [-0.2, -0.15) is 0 Å². The third-order valence-electron chi connectivity index (χ3n) is 3.16. The van der Waals surface area contributed by atoms with E-state index in [1.54, 1.807) is 0 Å². The zero-order chi connectivity index (χ0) is 11.3. The molecule has 3 nitrogen and oxygen atoms in total. The minimum atomic E-state index is 0.103. The molecule has 1 unspecified atom stereocenters. The van der Waals surface area contributed by atoms with Crippen LogP contribution in [0.15, 0.2) is 0 Å². The van der Waals surface area contributed by atoms with Crippen molar-refractivity contribution in [2.24, 2.45) is 11.7 Å². The fourth-order valence-corrected chi connectivity index (χ4v) is 1.77. The van der Waals surface area contributed by atoms with E-state index in [9.17, 15) is 4.79 Å². The molecule has 0 spiro atoms. The van der Waals surface area contributed by atoms with Crippen molar-refractivity contribution in [2.45, 2.75) is 51.5 Å². The van der Waals surface area contributed by atoms with Gasteiger partial charge in [0, 0.05) is 26.1 Å². The Morgan fingerprint density at radius 2 is 2.13 bits per heavy atom. The van der Waals surface area contributed by atoms with Crippen LogP contribution in [0.4, 0.5) is 0 Å². The minimum Gasteiger partial charge on any atom is -0.346 e. The molecule has 2 N–H and O–H groups in total. The minimum absolute atomic E-state index is 0.103. The highest BCUT2D eigenvalue weighted by Gasteiger charge is 2.30. The Morgan fingerprint density at radius 3 is 2.67 bits per heavy atom. The Morgan fingerprint density at radius 1 is 1.47 bits per heavy atom. The number of rotatable bonds is 7. The lowest BCUT2D eigenvalue weighted by Gasteiger charge is -2.19. The third-order valence-corrected chi connectivity index (χ3v) is 3.16. The van der Waals surface area contributed by atoms with Crippen LogP contribution in [0, 0.1) is 5.92 Å². The molecular weight excluding hydrogens is 188 g/mol. The first kappa shape index (κ1) is 12.5. The molecule has 0 aliphatic heterocycles. The Labute approximate surface area is 93.0 Å². The summed E-state index contributed by atoms with van der Waals surface area (Å²) in [5.74, 6) is 0.837. The molecule has 0 heterocycles. The monoisotopic (exact) mass is 212 g/mol. The maximum Gasteiger partial charge on any atom is 0.223 e. The standard InChI is InChI=1S/C12H24N2O/c1-3-4-5-8-14(2)12(15)9-11(13)10-6-7-10/h10-11H,3-9,13H2,1-2H3. The van der Waals surface area contributed by atoms with Gasteiger partial charge < -0.3 is 10.6 Å². The van der Waals surface area contributed by atoms with Crippen molar-refractivity contribution in [3.05, 3.63) is 0 Å². The van der Waals surface area contributed by atoms with Gasteiger partial charge in [-0.15, -0.1) is 0 Å². The molecule has 88 valence electrons. The van der Waals surface area contributed by atoms with Crippen LogP contribution in [0.5, 0.6) is 0 Å². The van der Waals surface area contributed by atoms with Gasteiger partial charge in [0.25, 0.3) is 0 Å². The van der Waals surface area contributed by atoms with Gasteiger partial charge >= 0.3 is 0 Å². The van der Waals surface area contributed by atoms with Crippen LogP contribution in [0.25, 0.3) is 0 Å². The van der Waals surface area contributed by atoms with E-state index >= 15 is 0 Å². The zero-order valence-corrected chi connectivity index (χ0v) is 10.0. The second-order valence-electron chi connectivity index (χ2n) is 4.73. The number of amides is 1. The molecule has 1 atom stereocenters. The first-order valence-corrected chi connectivity index (χ1v) is 6.14. The SMILES string of the molecule is CCCCCN(C)C(=O)CC(N)C1CC1. The van der Waals surface area contributed by atoms with Gasteiger partial charge in [-0.1, -0.05) is 19.8 Å². The molecule has 0 saturated heterocycles. The summed E-state index contributed by atoms with van der Waals surface area (Å²) in [7, 11) is 1.89. The molecule has 1 amide bonds. The average molecular weight is 212 g/mol. The van der Waals surface area contributed by atoms with Crippen LogP contribution in [0.2, 0.25) is 0 Å². The lowest BCUT2D eigenvalue weighted by molar-refractivity contribution is -0.130. The normalized spacial score (nSPS) is 17.5. The lowest BCUT2D eigenvalue weighted by atomic mass is 10.1. The third kappa shape index (κ3) is 4.65. The summed E-state index contributed by atoms with van der Waals surface area (Å²) in [6.07, 6.45) is 6.47. The first-order valence-electron chi connectivity index (χ1n) is 6.14. The van der Waals surface area contributed by atoms with Gasteiger partial charge in [-0.25, -0.2) is 0 Å². The smallest absolute Gasteiger partial charge is 0.223 e. The van der Waals surface area contributed by atoms with E-state index in [1.165, 1.54) is 25.7 Å². The molecule has 0 bridgehead atoms. The van der Waals surface area contributed by atoms with Crippen molar-refractivity contribution >= 4 is 5.91 Å². The summed E-state index contributed by atoms with van der Waals surface area (Å²) < 4.78 is 0. The van der Waals surface area contributed by atoms with Crippen molar-refractivity contribution in [1.82, 2.24) is 4.90 Å². The van der Waals surface area contributed by atoms with Gasteiger partial charge in [0.2, 0.25) is 5.91 Å². The zero-order valence-electron chi connectivity index (χ0n) is 10.0. The number of nitrogens with two attached hydrogens (primary N) is 1. The van der Waals surface area contributed by atoms with Crippen molar-refractivity contribution < 1.29 is 4.79 Å². The number of nitrogens with zero attached hydrogens (tertiary/aromatic N) is 1. The van der Waals surface area contributed by atoms with Crippen LogP contribution in [0.1, 0.15) is 45.4 Å². The topological polar surface area (TPSA) is 46.3 Å². The highest BCUT2D eigenvalue weighted by molar-refractivity contribution is 5.76. The molecule has 0 aromatic heterocycles. The van der Waals surface area contributed by atoms with E-state index in [0.717, 1.165) is 13.0 Å². The Balaban J connectivity index is 2.13. The van der Waals surface area contributed by atoms with Gasteiger partial charge in [0.15, 0.2) is 0 Å². The van der Waals surface area contributed by atoms with E-state index in [2.05, 4.69) is 6.92 Å². The van der Waals surface area contributed by atoms with Gasteiger partial charge in [0.1, 0.15) is 0 Å². The van der Waals surface area contributed by atoms with Crippen LogP contribution < -0.4 is 5.73 Å². The van der Waals surface area contributed by atoms with Crippen molar-refractivity contribution in [2.75, 3.05) is 13.6 Å². The predicted molar refractivity (Wildman–Crippen MR) is 62.5 cm³/mol. The Bertz CT molecular complexity index is 202. The van der Waals surface area contributed by atoms with E-state index in [-0.39, 0.29) is 11.9 Å². The molecule has 0 aromatic carbocycles. The number of unbranched alkanes of at least 4 members (excludes halogenated alkanes) is 2. The summed E-state index contributed by atoms with van der Waals surface area (Å²) in [6, 6.07) is 0.103. The van der Waals surface area contributed by atoms with Crippen LogP contribution in [0.3, 0.4) is 0 Å².